The third kappa shape index (κ3) is 7.42. The number of amides is 1. The van der Waals surface area contributed by atoms with Crippen molar-refractivity contribution in [3.8, 4) is 5.75 Å². The van der Waals surface area contributed by atoms with E-state index in [1.807, 2.05) is 72.8 Å². The number of hydrogen-bond donors (Lipinski definition) is 1. The average molecular weight is 477 g/mol. The summed E-state index contributed by atoms with van der Waals surface area (Å²) < 4.78 is 5.85. The molecule has 0 spiro atoms. The molecule has 0 bridgehead atoms. The number of nitrogens with one attached hydrogen (secondary N) is 1. The number of ether oxygens (including phenoxy) is 1. The molecule has 0 aromatic heterocycles. The Morgan fingerprint density at radius 2 is 1.68 bits per heavy atom. The number of rotatable bonds is 9. The van der Waals surface area contributed by atoms with E-state index < -0.39 is 0 Å². The summed E-state index contributed by atoms with van der Waals surface area (Å²) >= 11 is 6.27. The predicted octanol–water partition coefficient (Wildman–Crippen LogP) is 4.19. The Kier molecular flexibility index (Phi) is 8.68. The van der Waals surface area contributed by atoms with Gasteiger partial charge >= 0.3 is 0 Å². The first-order valence-electron chi connectivity index (χ1n) is 11.4. The van der Waals surface area contributed by atoms with Crippen LogP contribution in [0.15, 0.2) is 84.0 Å². The van der Waals surface area contributed by atoms with Crippen molar-refractivity contribution in [2.75, 3.05) is 32.7 Å². The van der Waals surface area contributed by atoms with Crippen LogP contribution >= 0.6 is 11.6 Å². The summed E-state index contributed by atoms with van der Waals surface area (Å²) in [6.07, 6.45) is 1.63. The van der Waals surface area contributed by atoms with Crippen LogP contribution in [0.2, 0.25) is 5.02 Å². The van der Waals surface area contributed by atoms with Gasteiger partial charge in [-0.15, -0.1) is 0 Å². The topological polar surface area (TPSA) is 57.2 Å². The number of carbonyl (C=O) groups is 1. The van der Waals surface area contributed by atoms with Crippen LogP contribution in [-0.2, 0) is 17.9 Å². The van der Waals surface area contributed by atoms with Gasteiger partial charge in [0.2, 0.25) is 0 Å². The third-order valence-electron chi connectivity index (χ3n) is 5.69. The number of carbonyl (C=O) groups excluding carboxylic acids is 1. The fourth-order valence-electron chi connectivity index (χ4n) is 3.82. The van der Waals surface area contributed by atoms with Crippen LogP contribution in [0.1, 0.15) is 16.7 Å². The largest absolute Gasteiger partial charge is 0.489 e. The van der Waals surface area contributed by atoms with Gasteiger partial charge in [0, 0.05) is 37.7 Å². The molecule has 3 aromatic carbocycles. The second-order valence-electron chi connectivity index (χ2n) is 8.28. The molecule has 0 radical (unpaired) electrons. The highest BCUT2D eigenvalue weighted by Crippen LogP contribution is 2.18. The van der Waals surface area contributed by atoms with E-state index in [0.717, 1.165) is 60.2 Å². The molecular formula is C27H29ClN4O2. The molecule has 0 atom stereocenters. The molecule has 176 valence electrons. The molecular weight excluding hydrogens is 448 g/mol. The van der Waals surface area contributed by atoms with E-state index in [0.29, 0.717) is 13.2 Å². The van der Waals surface area contributed by atoms with Gasteiger partial charge in [-0.05, 0) is 34.9 Å². The van der Waals surface area contributed by atoms with Crippen molar-refractivity contribution in [3.63, 3.8) is 0 Å². The van der Waals surface area contributed by atoms with Crippen molar-refractivity contribution in [2.45, 2.75) is 13.2 Å². The lowest BCUT2D eigenvalue weighted by Crippen LogP contribution is -2.48. The zero-order valence-corrected chi connectivity index (χ0v) is 19.8. The van der Waals surface area contributed by atoms with E-state index >= 15 is 0 Å². The summed E-state index contributed by atoms with van der Waals surface area (Å²) in [5.41, 5.74) is 5.74. The second-order valence-corrected chi connectivity index (χ2v) is 8.69. The van der Waals surface area contributed by atoms with Gasteiger partial charge in [-0.25, -0.2) is 5.43 Å². The summed E-state index contributed by atoms with van der Waals surface area (Å²) in [6, 6.07) is 25.6. The molecule has 0 saturated carbocycles. The Morgan fingerprint density at radius 1 is 0.941 bits per heavy atom. The highest BCUT2D eigenvalue weighted by Gasteiger charge is 2.19. The van der Waals surface area contributed by atoms with E-state index in [-0.39, 0.29) is 5.91 Å². The van der Waals surface area contributed by atoms with Crippen molar-refractivity contribution in [1.29, 1.82) is 0 Å². The summed E-state index contributed by atoms with van der Waals surface area (Å²) in [6.45, 7) is 5.14. The zero-order valence-electron chi connectivity index (χ0n) is 19.1. The number of nitrogens with zero attached hydrogens (tertiary/aromatic N) is 3. The van der Waals surface area contributed by atoms with Gasteiger partial charge in [0.15, 0.2) is 0 Å². The van der Waals surface area contributed by atoms with E-state index in [1.165, 1.54) is 0 Å². The van der Waals surface area contributed by atoms with Gasteiger partial charge in [0.05, 0.1) is 12.8 Å². The molecule has 3 aromatic rings. The molecule has 1 amide bonds. The summed E-state index contributed by atoms with van der Waals surface area (Å²) in [5.74, 6) is 0.640. The first-order valence-corrected chi connectivity index (χ1v) is 11.8. The average Bonchev–Trinajstić information content (AvgIpc) is 2.86. The van der Waals surface area contributed by atoms with Crippen molar-refractivity contribution >= 4 is 23.7 Å². The number of piperazine rings is 1. The first kappa shape index (κ1) is 24.0. The second kappa shape index (κ2) is 12.3. The fraction of sp³-hybridized carbons (Fsp3) is 0.259. The number of benzene rings is 3. The van der Waals surface area contributed by atoms with Crippen LogP contribution in [-0.4, -0.2) is 54.6 Å². The number of halogens is 1. The van der Waals surface area contributed by atoms with Crippen molar-refractivity contribution < 1.29 is 9.53 Å². The molecule has 1 aliphatic rings. The summed E-state index contributed by atoms with van der Waals surface area (Å²) in [5, 5.41) is 4.92. The van der Waals surface area contributed by atoms with Crippen LogP contribution in [0, 0.1) is 0 Å². The molecule has 4 rings (SSSR count). The lowest BCUT2D eigenvalue weighted by atomic mass is 10.2. The van der Waals surface area contributed by atoms with Gasteiger partial charge in [-0.2, -0.15) is 5.10 Å². The highest BCUT2D eigenvalue weighted by atomic mass is 35.5. The third-order valence-corrected chi connectivity index (χ3v) is 6.06. The van der Waals surface area contributed by atoms with E-state index in [9.17, 15) is 4.79 Å². The lowest BCUT2D eigenvalue weighted by molar-refractivity contribution is -0.122. The van der Waals surface area contributed by atoms with Gasteiger partial charge in [0.1, 0.15) is 12.4 Å². The Morgan fingerprint density at radius 3 is 2.47 bits per heavy atom. The maximum Gasteiger partial charge on any atom is 0.254 e. The molecule has 34 heavy (non-hydrogen) atoms. The van der Waals surface area contributed by atoms with Crippen LogP contribution in [0.5, 0.6) is 5.75 Å². The Hall–Kier alpha value is -3.19. The molecule has 1 heterocycles. The molecule has 1 aliphatic heterocycles. The minimum absolute atomic E-state index is 0.118. The predicted molar refractivity (Wildman–Crippen MR) is 136 cm³/mol. The van der Waals surface area contributed by atoms with E-state index in [2.05, 4.69) is 26.4 Å². The summed E-state index contributed by atoms with van der Waals surface area (Å²) in [7, 11) is 0. The Bertz CT molecular complexity index is 1100. The van der Waals surface area contributed by atoms with Crippen LogP contribution in [0.3, 0.4) is 0 Å². The monoisotopic (exact) mass is 476 g/mol. The molecule has 1 saturated heterocycles. The molecule has 1 fully saturated rings. The first-order chi connectivity index (χ1) is 16.7. The normalized spacial score (nSPS) is 14.9. The minimum atomic E-state index is -0.118. The maximum atomic E-state index is 12.3. The Labute approximate surface area is 205 Å². The SMILES string of the molecule is O=C(CN1CCN(Cc2ccccc2Cl)CC1)N/N=C/c1cccc(OCc2ccccc2)c1. The standard InChI is InChI=1S/C27H29ClN4O2/c28-26-12-5-4-10-24(26)19-31-13-15-32(16-14-31)20-27(33)30-29-18-23-9-6-11-25(17-23)34-21-22-7-2-1-3-8-22/h1-12,17-18H,13-16,19-21H2,(H,30,33)/b29-18+. The van der Waals surface area contributed by atoms with Crippen molar-refractivity contribution in [2.24, 2.45) is 5.10 Å². The molecule has 1 N–H and O–H groups in total. The van der Waals surface area contributed by atoms with Gasteiger partial charge < -0.3 is 4.74 Å². The molecule has 0 unspecified atom stereocenters. The van der Waals surface area contributed by atoms with Gasteiger partial charge in [-0.1, -0.05) is 72.3 Å². The van der Waals surface area contributed by atoms with E-state index in [4.69, 9.17) is 16.3 Å². The Balaban J connectivity index is 1.18. The lowest BCUT2D eigenvalue weighted by Gasteiger charge is -2.34. The maximum absolute atomic E-state index is 12.3. The number of hydrazone groups is 1. The molecule has 0 aliphatic carbocycles. The minimum Gasteiger partial charge on any atom is -0.489 e. The highest BCUT2D eigenvalue weighted by molar-refractivity contribution is 6.31. The molecule has 6 nitrogen and oxygen atoms in total. The van der Waals surface area contributed by atoms with Crippen LogP contribution in [0.25, 0.3) is 0 Å². The quantitative estimate of drug-likeness (QED) is 0.371. The van der Waals surface area contributed by atoms with Gasteiger partial charge in [-0.3, -0.25) is 14.6 Å². The number of hydrogen-bond acceptors (Lipinski definition) is 5. The molecule has 7 heteroatoms. The smallest absolute Gasteiger partial charge is 0.254 e. The van der Waals surface area contributed by atoms with Crippen LogP contribution in [0.4, 0.5) is 0 Å². The van der Waals surface area contributed by atoms with Crippen molar-refractivity contribution in [3.05, 3.63) is 101 Å². The fourth-order valence-corrected chi connectivity index (χ4v) is 4.01. The van der Waals surface area contributed by atoms with E-state index in [1.54, 1.807) is 6.21 Å². The van der Waals surface area contributed by atoms with Crippen LogP contribution < -0.4 is 10.2 Å². The van der Waals surface area contributed by atoms with Gasteiger partial charge in [0.25, 0.3) is 5.91 Å². The van der Waals surface area contributed by atoms with Crippen molar-refractivity contribution in [1.82, 2.24) is 15.2 Å². The summed E-state index contributed by atoms with van der Waals surface area (Å²) in [4.78, 5) is 16.8. The zero-order chi connectivity index (χ0) is 23.6.